The molecule has 2 amide bonds. The third kappa shape index (κ3) is 5.65. The van der Waals surface area contributed by atoms with Crippen molar-refractivity contribution in [2.75, 3.05) is 32.7 Å². The fourth-order valence-electron chi connectivity index (χ4n) is 3.23. The Morgan fingerprint density at radius 1 is 0.862 bits per heavy atom. The van der Waals surface area contributed by atoms with Crippen LogP contribution in [-0.4, -0.2) is 62.2 Å². The maximum atomic E-state index is 12.6. The van der Waals surface area contributed by atoms with Gasteiger partial charge in [-0.15, -0.1) is 0 Å². The highest BCUT2D eigenvalue weighted by molar-refractivity contribution is 7.89. The number of amides is 2. The topological polar surface area (TPSA) is 86.8 Å². The highest BCUT2D eigenvalue weighted by Gasteiger charge is 2.29. The van der Waals surface area contributed by atoms with Crippen LogP contribution < -0.4 is 5.32 Å². The van der Waals surface area contributed by atoms with E-state index in [1.807, 2.05) is 30.3 Å². The minimum absolute atomic E-state index is 0.0817. The van der Waals surface area contributed by atoms with Gasteiger partial charge in [-0.1, -0.05) is 48.5 Å². The summed E-state index contributed by atoms with van der Waals surface area (Å²) in [5.74, 6) is -0.204. The summed E-state index contributed by atoms with van der Waals surface area (Å²) in [7, 11) is -3.53. The molecule has 154 valence electrons. The number of nitrogens with one attached hydrogen (secondary N) is 1. The van der Waals surface area contributed by atoms with Gasteiger partial charge in [-0.3, -0.25) is 9.59 Å². The molecule has 0 saturated carbocycles. The van der Waals surface area contributed by atoms with Gasteiger partial charge in [0.05, 0.1) is 11.3 Å². The van der Waals surface area contributed by atoms with Crippen LogP contribution in [0.15, 0.2) is 65.6 Å². The van der Waals surface area contributed by atoms with Gasteiger partial charge in [0.15, 0.2) is 0 Å². The van der Waals surface area contributed by atoms with E-state index in [-0.39, 0.29) is 49.2 Å². The zero-order chi connectivity index (χ0) is 20.7. The molecule has 7 nitrogen and oxygen atoms in total. The van der Waals surface area contributed by atoms with Gasteiger partial charge in [-0.2, -0.15) is 4.31 Å². The fraction of sp³-hybridized carbons (Fsp3) is 0.333. The fourth-order valence-corrected chi connectivity index (χ4v) is 4.67. The standard InChI is InChI=1S/C21H25N3O4S/c25-20(17-18-7-3-1-4-8-18)22-12-11-21(26)23-13-15-24(16-14-23)29(27,28)19-9-5-2-6-10-19/h1-10H,11-17H2,(H,22,25). The highest BCUT2D eigenvalue weighted by atomic mass is 32.2. The van der Waals surface area contributed by atoms with E-state index >= 15 is 0 Å². The van der Waals surface area contributed by atoms with E-state index in [2.05, 4.69) is 5.32 Å². The molecule has 0 unspecified atom stereocenters. The van der Waals surface area contributed by atoms with E-state index in [9.17, 15) is 18.0 Å². The number of piperazine rings is 1. The molecule has 8 heteroatoms. The second-order valence-electron chi connectivity index (χ2n) is 6.86. The molecule has 0 radical (unpaired) electrons. The van der Waals surface area contributed by atoms with Crippen molar-refractivity contribution < 1.29 is 18.0 Å². The smallest absolute Gasteiger partial charge is 0.243 e. The number of nitrogens with zero attached hydrogens (tertiary/aromatic N) is 2. The molecule has 0 aromatic heterocycles. The number of sulfonamides is 1. The summed E-state index contributed by atoms with van der Waals surface area (Å²) in [5.41, 5.74) is 0.923. The first-order valence-corrected chi connectivity index (χ1v) is 11.0. The van der Waals surface area contributed by atoms with Crippen LogP contribution in [0.3, 0.4) is 0 Å². The predicted molar refractivity (Wildman–Crippen MR) is 110 cm³/mol. The maximum Gasteiger partial charge on any atom is 0.243 e. The van der Waals surface area contributed by atoms with Gasteiger partial charge in [0, 0.05) is 39.1 Å². The van der Waals surface area contributed by atoms with Crippen molar-refractivity contribution in [1.29, 1.82) is 0 Å². The number of hydrogen-bond donors (Lipinski definition) is 1. The summed E-state index contributed by atoms with van der Waals surface area (Å²) in [6.07, 6.45) is 0.483. The molecule has 1 N–H and O–H groups in total. The Morgan fingerprint density at radius 2 is 1.45 bits per heavy atom. The summed E-state index contributed by atoms with van der Waals surface area (Å²) in [6.45, 7) is 1.51. The molecule has 1 heterocycles. The molecule has 29 heavy (non-hydrogen) atoms. The van der Waals surface area contributed by atoms with Gasteiger partial charge in [-0.25, -0.2) is 8.42 Å². The van der Waals surface area contributed by atoms with Crippen molar-refractivity contribution in [2.24, 2.45) is 0 Å². The lowest BCUT2D eigenvalue weighted by Gasteiger charge is -2.34. The molecular formula is C21H25N3O4S. The Hall–Kier alpha value is -2.71. The van der Waals surface area contributed by atoms with Crippen LogP contribution >= 0.6 is 0 Å². The Labute approximate surface area is 171 Å². The van der Waals surface area contributed by atoms with Crippen LogP contribution in [0.25, 0.3) is 0 Å². The van der Waals surface area contributed by atoms with Gasteiger partial charge in [0.1, 0.15) is 0 Å². The molecule has 1 aliphatic heterocycles. The van der Waals surface area contributed by atoms with Crippen molar-refractivity contribution in [3.63, 3.8) is 0 Å². The predicted octanol–water partition coefficient (Wildman–Crippen LogP) is 1.27. The third-order valence-electron chi connectivity index (χ3n) is 4.84. The zero-order valence-corrected chi connectivity index (χ0v) is 17.0. The lowest BCUT2D eigenvalue weighted by molar-refractivity contribution is -0.132. The summed E-state index contributed by atoms with van der Waals surface area (Å²) < 4.78 is 26.7. The van der Waals surface area contributed by atoms with E-state index < -0.39 is 10.0 Å². The second kappa shape index (κ2) is 9.67. The number of carbonyl (C=O) groups is 2. The number of carbonyl (C=O) groups excluding carboxylic acids is 2. The molecular weight excluding hydrogens is 390 g/mol. The lowest BCUT2D eigenvalue weighted by Crippen LogP contribution is -2.50. The normalized spacial score (nSPS) is 15.1. The Kier molecular flexibility index (Phi) is 7.00. The quantitative estimate of drug-likeness (QED) is 0.738. The second-order valence-corrected chi connectivity index (χ2v) is 8.80. The maximum absolute atomic E-state index is 12.6. The zero-order valence-electron chi connectivity index (χ0n) is 16.2. The van der Waals surface area contributed by atoms with E-state index in [1.54, 1.807) is 35.2 Å². The Morgan fingerprint density at radius 3 is 2.07 bits per heavy atom. The molecule has 0 atom stereocenters. The molecule has 0 bridgehead atoms. The van der Waals surface area contributed by atoms with Crippen LogP contribution in [0.1, 0.15) is 12.0 Å². The molecule has 2 aromatic rings. The van der Waals surface area contributed by atoms with Crippen LogP contribution in [0, 0.1) is 0 Å². The van der Waals surface area contributed by atoms with E-state index in [0.29, 0.717) is 13.1 Å². The molecule has 1 fully saturated rings. The molecule has 1 saturated heterocycles. The molecule has 2 aromatic carbocycles. The largest absolute Gasteiger partial charge is 0.355 e. The van der Waals surface area contributed by atoms with E-state index in [0.717, 1.165) is 5.56 Å². The minimum Gasteiger partial charge on any atom is -0.355 e. The number of hydrogen-bond acceptors (Lipinski definition) is 4. The van der Waals surface area contributed by atoms with Gasteiger partial charge < -0.3 is 10.2 Å². The van der Waals surface area contributed by atoms with Gasteiger partial charge in [-0.05, 0) is 17.7 Å². The SMILES string of the molecule is O=C(Cc1ccccc1)NCCC(=O)N1CCN(S(=O)(=O)c2ccccc2)CC1. The highest BCUT2D eigenvalue weighted by Crippen LogP contribution is 2.17. The monoisotopic (exact) mass is 415 g/mol. The molecule has 0 spiro atoms. The van der Waals surface area contributed by atoms with Crippen molar-refractivity contribution in [3.8, 4) is 0 Å². The van der Waals surface area contributed by atoms with Crippen LogP contribution in [0.5, 0.6) is 0 Å². The van der Waals surface area contributed by atoms with E-state index in [1.165, 1.54) is 4.31 Å². The summed E-state index contributed by atoms with van der Waals surface area (Å²) in [4.78, 5) is 26.2. The number of rotatable bonds is 7. The van der Waals surface area contributed by atoms with Crippen molar-refractivity contribution in [3.05, 3.63) is 66.2 Å². The van der Waals surface area contributed by atoms with Crippen molar-refractivity contribution >= 4 is 21.8 Å². The Balaban J connectivity index is 1.41. The van der Waals surface area contributed by atoms with Crippen molar-refractivity contribution in [2.45, 2.75) is 17.7 Å². The first kappa shape index (κ1) is 21.0. The molecule has 0 aliphatic carbocycles. The van der Waals surface area contributed by atoms with Crippen LogP contribution in [-0.2, 0) is 26.0 Å². The average molecular weight is 416 g/mol. The summed E-state index contributed by atoms with van der Waals surface area (Å²) in [6, 6.07) is 17.7. The first-order valence-electron chi connectivity index (χ1n) is 9.60. The van der Waals surface area contributed by atoms with Crippen LogP contribution in [0.2, 0.25) is 0 Å². The van der Waals surface area contributed by atoms with E-state index in [4.69, 9.17) is 0 Å². The first-order chi connectivity index (χ1) is 14.0. The lowest BCUT2D eigenvalue weighted by atomic mass is 10.1. The van der Waals surface area contributed by atoms with Gasteiger partial charge in [0.2, 0.25) is 21.8 Å². The average Bonchev–Trinajstić information content (AvgIpc) is 2.75. The minimum atomic E-state index is -3.53. The summed E-state index contributed by atoms with van der Waals surface area (Å²) >= 11 is 0. The Bertz CT molecular complexity index is 925. The van der Waals surface area contributed by atoms with Gasteiger partial charge >= 0.3 is 0 Å². The molecule has 1 aliphatic rings. The van der Waals surface area contributed by atoms with Crippen LogP contribution in [0.4, 0.5) is 0 Å². The van der Waals surface area contributed by atoms with Gasteiger partial charge in [0.25, 0.3) is 0 Å². The molecule has 3 rings (SSSR count). The van der Waals surface area contributed by atoms with Crippen molar-refractivity contribution in [1.82, 2.24) is 14.5 Å². The number of benzene rings is 2. The summed E-state index contributed by atoms with van der Waals surface area (Å²) in [5, 5.41) is 2.76. The third-order valence-corrected chi connectivity index (χ3v) is 6.75.